The zero-order valence-corrected chi connectivity index (χ0v) is 8.55. The Labute approximate surface area is 91.7 Å². The van der Waals surface area contributed by atoms with Crippen LogP contribution in [0.5, 0.6) is 0 Å². The molecule has 0 spiro atoms. The molecule has 0 aromatic heterocycles. The molecule has 1 aromatic rings. The third kappa shape index (κ3) is 3.69. The Morgan fingerprint density at radius 2 is 2.33 bits per heavy atom. The summed E-state index contributed by atoms with van der Waals surface area (Å²) in [6.45, 7) is -0.258. The number of rotatable bonds is 4. The number of nitrogens with one attached hydrogen (secondary N) is 2. The van der Waals surface area contributed by atoms with E-state index in [1.54, 1.807) is 0 Å². The van der Waals surface area contributed by atoms with Crippen LogP contribution in [0.4, 0.5) is 10.1 Å². The standard InChI is InChI=1S/C10H10ClFN2O/c11-10(13)3-4-14-9-2-1-8(12)5-7(9)6-15/h1-5,13-15H,6H2/b4-3-,13-10?. The molecule has 15 heavy (non-hydrogen) atoms. The van der Waals surface area contributed by atoms with Gasteiger partial charge in [-0.1, -0.05) is 11.6 Å². The molecule has 1 rings (SSSR count). The first kappa shape index (κ1) is 11.7. The molecule has 0 saturated heterocycles. The van der Waals surface area contributed by atoms with Gasteiger partial charge in [0.25, 0.3) is 0 Å². The summed E-state index contributed by atoms with van der Waals surface area (Å²) >= 11 is 5.29. The van der Waals surface area contributed by atoms with Gasteiger partial charge >= 0.3 is 0 Å². The first-order valence-electron chi connectivity index (χ1n) is 4.20. The number of hydrogen-bond donors (Lipinski definition) is 3. The maximum Gasteiger partial charge on any atom is 0.123 e. The highest BCUT2D eigenvalue weighted by Crippen LogP contribution is 2.16. The minimum atomic E-state index is -0.404. The number of allylic oxidation sites excluding steroid dienone is 1. The summed E-state index contributed by atoms with van der Waals surface area (Å²) in [7, 11) is 0. The van der Waals surface area contributed by atoms with Crippen molar-refractivity contribution in [2.45, 2.75) is 6.61 Å². The Morgan fingerprint density at radius 1 is 1.60 bits per heavy atom. The van der Waals surface area contributed by atoms with E-state index in [2.05, 4.69) is 5.32 Å². The largest absolute Gasteiger partial charge is 0.392 e. The van der Waals surface area contributed by atoms with Crippen LogP contribution >= 0.6 is 11.6 Å². The van der Waals surface area contributed by atoms with Crippen LogP contribution in [0, 0.1) is 11.2 Å². The van der Waals surface area contributed by atoms with Crippen molar-refractivity contribution in [2.24, 2.45) is 0 Å². The number of hydrogen-bond acceptors (Lipinski definition) is 3. The van der Waals surface area contributed by atoms with E-state index in [4.69, 9.17) is 22.1 Å². The topological polar surface area (TPSA) is 56.1 Å². The highest BCUT2D eigenvalue weighted by Gasteiger charge is 2.01. The second-order valence-electron chi connectivity index (χ2n) is 2.79. The first-order chi connectivity index (χ1) is 7.13. The van der Waals surface area contributed by atoms with Crippen LogP contribution in [0.1, 0.15) is 5.56 Å². The average molecular weight is 229 g/mol. The molecule has 0 aliphatic rings. The van der Waals surface area contributed by atoms with Crippen molar-refractivity contribution in [3.05, 3.63) is 41.9 Å². The highest BCUT2D eigenvalue weighted by molar-refractivity contribution is 6.67. The number of anilines is 1. The maximum atomic E-state index is 12.8. The van der Waals surface area contributed by atoms with Gasteiger partial charge in [-0.15, -0.1) is 0 Å². The summed E-state index contributed by atoms with van der Waals surface area (Å²) < 4.78 is 12.8. The first-order valence-corrected chi connectivity index (χ1v) is 4.57. The lowest BCUT2D eigenvalue weighted by atomic mass is 10.2. The molecule has 0 heterocycles. The third-order valence-corrected chi connectivity index (χ3v) is 1.83. The highest BCUT2D eigenvalue weighted by atomic mass is 35.5. The fourth-order valence-electron chi connectivity index (χ4n) is 1.04. The molecular formula is C10H10ClFN2O. The molecule has 0 saturated carbocycles. The van der Waals surface area contributed by atoms with E-state index in [1.807, 2.05) is 0 Å². The molecule has 0 radical (unpaired) electrons. The van der Waals surface area contributed by atoms with Crippen LogP contribution in [0.3, 0.4) is 0 Å². The zero-order chi connectivity index (χ0) is 11.3. The van der Waals surface area contributed by atoms with Gasteiger partial charge in [0.15, 0.2) is 0 Å². The zero-order valence-electron chi connectivity index (χ0n) is 7.80. The normalized spacial score (nSPS) is 10.6. The van der Waals surface area contributed by atoms with Crippen LogP contribution in [-0.2, 0) is 6.61 Å². The lowest BCUT2D eigenvalue weighted by molar-refractivity contribution is 0.282. The van der Waals surface area contributed by atoms with Gasteiger partial charge in [-0.3, -0.25) is 5.41 Å². The summed E-state index contributed by atoms with van der Waals surface area (Å²) in [6.07, 6.45) is 2.79. The second-order valence-corrected chi connectivity index (χ2v) is 3.19. The minimum Gasteiger partial charge on any atom is -0.392 e. The van der Waals surface area contributed by atoms with E-state index in [0.717, 1.165) is 0 Å². The van der Waals surface area contributed by atoms with Crippen molar-refractivity contribution < 1.29 is 9.50 Å². The van der Waals surface area contributed by atoms with Crippen LogP contribution in [0.25, 0.3) is 0 Å². The monoisotopic (exact) mass is 228 g/mol. The van der Waals surface area contributed by atoms with Crippen molar-refractivity contribution in [2.75, 3.05) is 5.32 Å². The molecule has 3 N–H and O–H groups in total. The van der Waals surface area contributed by atoms with Gasteiger partial charge in [0, 0.05) is 17.5 Å². The molecule has 0 aliphatic heterocycles. The average Bonchev–Trinajstić information content (AvgIpc) is 2.19. The van der Waals surface area contributed by atoms with Gasteiger partial charge in [-0.05, 0) is 24.3 Å². The van der Waals surface area contributed by atoms with Crippen LogP contribution < -0.4 is 5.32 Å². The van der Waals surface area contributed by atoms with Crippen molar-refractivity contribution in [1.29, 1.82) is 5.41 Å². The Hall–Kier alpha value is -1.39. The summed E-state index contributed by atoms with van der Waals surface area (Å²) in [5.41, 5.74) is 1.02. The molecule has 3 nitrogen and oxygen atoms in total. The summed E-state index contributed by atoms with van der Waals surface area (Å²) in [6, 6.07) is 4.02. The maximum absolute atomic E-state index is 12.8. The smallest absolute Gasteiger partial charge is 0.123 e. The second kappa shape index (κ2) is 5.48. The number of aliphatic hydroxyl groups is 1. The van der Waals surface area contributed by atoms with Gasteiger partial charge in [-0.2, -0.15) is 0 Å². The molecule has 80 valence electrons. The van der Waals surface area contributed by atoms with Crippen LogP contribution in [0.2, 0.25) is 0 Å². The van der Waals surface area contributed by atoms with Crippen molar-refractivity contribution in [3.63, 3.8) is 0 Å². The SMILES string of the molecule is N=C(Cl)/C=C\Nc1ccc(F)cc1CO. The molecule has 0 amide bonds. The molecule has 0 atom stereocenters. The molecule has 0 aliphatic carbocycles. The minimum absolute atomic E-state index is 0.116. The lowest BCUT2D eigenvalue weighted by Crippen LogP contribution is -1.96. The van der Waals surface area contributed by atoms with Crippen molar-refractivity contribution in [3.8, 4) is 0 Å². The molecule has 1 aromatic carbocycles. The van der Waals surface area contributed by atoms with E-state index < -0.39 is 5.82 Å². The van der Waals surface area contributed by atoms with E-state index in [0.29, 0.717) is 11.3 Å². The molecule has 5 heteroatoms. The summed E-state index contributed by atoms with van der Waals surface area (Å²) in [5, 5.41) is 18.5. The number of aliphatic hydroxyl groups excluding tert-OH is 1. The van der Waals surface area contributed by atoms with Gasteiger partial charge in [-0.25, -0.2) is 4.39 Å². The summed E-state index contributed by atoms with van der Waals surface area (Å²) in [5.74, 6) is -0.404. The fraction of sp³-hybridized carbons (Fsp3) is 0.100. The predicted octanol–water partition coefficient (Wildman–Crippen LogP) is 2.46. The molecule has 0 bridgehead atoms. The fourth-order valence-corrected chi connectivity index (χ4v) is 1.10. The summed E-state index contributed by atoms with van der Waals surface area (Å²) in [4.78, 5) is 0. The van der Waals surface area contributed by atoms with Crippen molar-refractivity contribution >= 4 is 22.5 Å². The van der Waals surface area contributed by atoms with Crippen LogP contribution in [0.15, 0.2) is 30.5 Å². The van der Waals surface area contributed by atoms with E-state index in [9.17, 15) is 4.39 Å². The predicted molar refractivity (Wildman–Crippen MR) is 58.7 cm³/mol. The molecule has 0 unspecified atom stereocenters. The number of halogens is 2. The van der Waals surface area contributed by atoms with Gasteiger partial charge in [0.2, 0.25) is 0 Å². The molecule has 0 fully saturated rings. The quantitative estimate of drug-likeness (QED) is 0.694. The van der Waals surface area contributed by atoms with Crippen molar-refractivity contribution in [1.82, 2.24) is 0 Å². The van der Waals surface area contributed by atoms with E-state index in [1.165, 1.54) is 30.5 Å². The van der Waals surface area contributed by atoms with Gasteiger partial charge < -0.3 is 10.4 Å². The lowest BCUT2D eigenvalue weighted by Gasteiger charge is -2.06. The number of benzene rings is 1. The van der Waals surface area contributed by atoms with Gasteiger partial charge in [0.05, 0.1) is 6.61 Å². The Balaban J connectivity index is 2.80. The Bertz CT molecular complexity index is 393. The van der Waals surface area contributed by atoms with Gasteiger partial charge in [0.1, 0.15) is 11.0 Å². The molecular weight excluding hydrogens is 219 g/mol. The van der Waals surface area contributed by atoms with E-state index in [-0.39, 0.29) is 11.8 Å². The Morgan fingerprint density at radius 3 is 2.93 bits per heavy atom. The Kier molecular flexibility index (Phi) is 4.27. The van der Waals surface area contributed by atoms with E-state index >= 15 is 0 Å². The third-order valence-electron chi connectivity index (χ3n) is 1.71. The van der Waals surface area contributed by atoms with Crippen LogP contribution in [-0.4, -0.2) is 10.3 Å².